The van der Waals surface area contributed by atoms with Gasteiger partial charge in [0.05, 0.1) is 17.6 Å². The molecule has 1 atom stereocenters. The van der Waals surface area contributed by atoms with Crippen molar-refractivity contribution >= 4 is 38.2 Å². The van der Waals surface area contributed by atoms with Crippen LogP contribution in [0.3, 0.4) is 0 Å². The molecule has 1 aromatic heterocycles. The number of piperidine rings is 1. The van der Waals surface area contributed by atoms with Crippen LogP contribution in [-0.2, 0) is 27.7 Å². The maximum absolute atomic E-state index is 13.0. The summed E-state index contributed by atoms with van der Waals surface area (Å²) in [4.78, 5) is 29.2. The molecule has 10 heteroatoms. The van der Waals surface area contributed by atoms with Crippen LogP contribution in [-0.4, -0.2) is 62.3 Å². The minimum absolute atomic E-state index is 0.179. The van der Waals surface area contributed by atoms with Gasteiger partial charge in [0.2, 0.25) is 10.0 Å². The van der Waals surface area contributed by atoms with Crippen molar-refractivity contribution in [3.05, 3.63) is 45.8 Å². The molecule has 4 rings (SSSR count). The molecule has 0 aliphatic carbocycles. The molecule has 35 heavy (non-hydrogen) atoms. The molecule has 2 aliphatic rings. The van der Waals surface area contributed by atoms with E-state index in [4.69, 9.17) is 4.74 Å². The van der Waals surface area contributed by atoms with Gasteiger partial charge in [-0.15, -0.1) is 11.3 Å². The Bertz CT molecular complexity index is 1200. The molecule has 2 aromatic rings. The van der Waals surface area contributed by atoms with Crippen molar-refractivity contribution in [2.24, 2.45) is 5.92 Å². The second kappa shape index (κ2) is 10.4. The number of carbonyl (C=O) groups excluding carboxylic acids is 2. The molecule has 190 valence electrons. The number of hydrogen-bond donors (Lipinski definition) is 1. The summed E-state index contributed by atoms with van der Waals surface area (Å²) in [5, 5.41) is 3.34. The molecule has 1 amide bonds. The van der Waals surface area contributed by atoms with Crippen LogP contribution in [0, 0.1) is 5.92 Å². The fraction of sp³-hybridized carbons (Fsp3) is 0.520. The van der Waals surface area contributed by atoms with Crippen LogP contribution in [0.5, 0.6) is 0 Å². The maximum Gasteiger partial charge on any atom is 0.341 e. The van der Waals surface area contributed by atoms with E-state index in [1.54, 1.807) is 0 Å². The summed E-state index contributed by atoms with van der Waals surface area (Å²) in [5.74, 6) is -0.533. The van der Waals surface area contributed by atoms with Gasteiger partial charge in [-0.05, 0) is 68.9 Å². The minimum Gasteiger partial charge on any atom is -0.465 e. The Hall–Kier alpha value is -2.27. The summed E-state index contributed by atoms with van der Waals surface area (Å²) in [6.45, 7) is 8.92. The number of benzene rings is 1. The minimum atomic E-state index is -3.59. The molecule has 0 saturated carbocycles. The van der Waals surface area contributed by atoms with Crippen LogP contribution in [0.15, 0.2) is 29.2 Å². The van der Waals surface area contributed by atoms with Gasteiger partial charge in [-0.1, -0.05) is 6.92 Å². The van der Waals surface area contributed by atoms with Gasteiger partial charge in [0, 0.05) is 42.7 Å². The Morgan fingerprint density at radius 2 is 1.89 bits per heavy atom. The molecule has 2 aliphatic heterocycles. The predicted molar refractivity (Wildman–Crippen MR) is 136 cm³/mol. The summed E-state index contributed by atoms with van der Waals surface area (Å²) >= 11 is 1.40. The molecule has 1 N–H and O–H groups in total. The van der Waals surface area contributed by atoms with E-state index in [1.807, 2.05) is 0 Å². The fourth-order valence-electron chi connectivity index (χ4n) is 4.74. The third kappa shape index (κ3) is 5.30. The van der Waals surface area contributed by atoms with E-state index in [-0.39, 0.29) is 4.90 Å². The molecule has 3 heterocycles. The van der Waals surface area contributed by atoms with E-state index >= 15 is 0 Å². The maximum atomic E-state index is 13.0. The second-order valence-electron chi connectivity index (χ2n) is 9.60. The number of esters is 1. The van der Waals surface area contributed by atoms with Crippen molar-refractivity contribution in [3.63, 3.8) is 0 Å². The number of sulfonamides is 1. The van der Waals surface area contributed by atoms with E-state index < -0.39 is 21.9 Å². The standard InChI is InChI=1S/C25H33N3O5S2/c1-16(2)27-13-11-20-21(15-27)34-24(22(20)25(30)33-4)26-23(29)18-7-9-19(10-8-18)35(31,32)28-12-5-6-17(3)14-28/h7-10,16-17H,5-6,11-15H2,1-4H3,(H,26,29)/t17-/m1/s1. The van der Waals surface area contributed by atoms with Crippen LogP contribution in [0.1, 0.15) is 64.8 Å². The van der Waals surface area contributed by atoms with E-state index in [0.29, 0.717) is 47.6 Å². The summed E-state index contributed by atoms with van der Waals surface area (Å²) in [6.07, 6.45) is 2.59. The Kier molecular flexibility index (Phi) is 7.65. The first-order chi connectivity index (χ1) is 16.6. The first-order valence-corrected chi connectivity index (χ1v) is 14.3. The van der Waals surface area contributed by atoms with Crippen LogP contribution >= 0.6 is 11.3 Å². The van der Waals surface area contributed by atoms with Crippen molar-refractivity contribution in [2.75, 3.05) is 32.1 Å². The number of fused-ring (bicyclic) bond motifs is 1. The molecule has 0 unspecified atom stereocenters. The lowest BCUT2D eigenvalue weighted by Crippen LogP contribution is -2.39. The topological polar surface area (TPSA) is 96.0 Å². The number of anilines is 1. The number of rotatable bonds is 6. The molecular formula is C25H33N3O5S2. The quantitative estimate of drug-likeness (QED) is 0.580. The number of ether oxygens (including phenoxy) is 1. The first kappa shape index (κ1) is 25.8. The van der Waals surface area contributed by atoms with Gasteiger partial charge in [-0.25, -0.2) is 13.2 Å². The van der Waals surface area contributed by atoms with Crippen molar-refractivity contribution in [3.8, 4) is 0 Å². The zero-order chi connectivity index (χ0) is 25.3. The van der Waals surface area contributed by atoms with Crippen molar-refractivity contribution in [1.82, 2.24) is 9.21 Å². The van der Waals surface area contributed by atoms with Crippen LogP contribution in [0.2, 0.25) is 0 Å². The largest absolute Gasteiger partial charge is 0.465 e. The average Bonchev–Trinajstić information content (AvgIpc) is 3.20. The highest BCUT2D eigenvalue weighted by molar-refractivity contribution is 7.89. The molecule has 1 fully saturated rings. The number of carbonyl (C=O) groups is 2. The highest BCUT2D eigenvalue weighted by Gasteiger charge is 2.31. The van der Waals surface area contributed by atoms with E-state index in [1.165, 1.54) is 47.0 Å². The van der Waals surface area contributed by atoms with Gasteiger partial charge in [-0.3, -0.25) is 9.69 Å². The number of nitrogens with zero attached hydrogens (tertiary/aromatic N) is 2. The van der Waals surface area contributed by atoms with Crippen LogP contribution < -0.4 is 5.32 Å². The highest BCUT2D eigenvalue weighted by atomic mass is 32.2. The van der Waals surface area contributed by atoms with E-state index in [2.05, 4.69) is 31.0 Å². The normalized spacial score (nSPS) is 19.4. The third-order valence-corrected chi connectivity index (χ3v) is 9.82. The monoisotopic (exact) mass is 519 g/mol. The lowest BCUT2D eigenvalue weighted by atomic mass is 10.0. The molecule has 0 bridgehead atoms. The van der Waals surface area contributed by atoms with Gasteiger partial charge < -0.3 is 10.1 Å². The first-order valence-electron chi connectivity index (χ1n) is 12.0. The SMILES string of the molecule is COC(=O)c1c(NC(=O)c2ccc(S(=O)(=O)N3CCC[C@@H](C)C3)cc2)sc2c1CCN(C(C)C)C2. The average molecular weight is 520 g/mol. The van der Waals surface area contributed by atoms with Gasteiger partial charge >= 0.3 is 5.97 Å². The van der Waals surface area contributed by atoms with Crippen LogP contribution in [0.4, 0.5) is 5.00 Å². The zero-order valence-corrected chi connectivity index (χ0v) is 22.3. The van der Waals surface area contributed by atoms with E-state index in [0.717, 1.165) is 36.4 Å². The third-order valence-electron chi connectivity index (χ3n) is 6.81. The van der Waals surface area contributed by atoms with Crippen molar-refractivity contribution in [1.29, 1.82) is 0 Å². The molecular weight excluding hydrogens is 486 g/mol. The molecule has 1 saturated heterocycles. The number of amides is 1. The van der Waals surface area contributed by atoms with Crippen molar-refractivity contribution < 1.29 is 22.7 Å². The lowest BCUT2D eigenvalue weighted by molar-refractivity contribution is 0.0600. The van der Waals surface area contributed by atoms with E-state index in [9.17, 15) is 18.0 Å². The highest BCUT2D eigenvalue weighted by Crippen LogP contribution is 2.38. The number of methoxy groups -OCH3 is 1. The number of nitrogens with one attached hydrogen (secondary N) is 1. The molecule has 1 aromatic carbocycles. The second-order valence-corrected chi connectivity index (χ2v) is 12.6. The lowest BCUT2D eigenvalue weighted by Gasteiger charge is -2.30. The van der Waals surface area contributed by atoms with Gasteiger partial charge in [0.15, 0.2) is 0 Å². The molecule has 8 nitrogen and oxygen atoms in total. The summed E-state index contributed by atoms with van der Waals surface area (Å²) < 4.78 is 32.6. The Balaban J connectivity index is 1.55. The van der Waals surface area contributed by atoms with Gasteiger partial charge in [0.1, 0.15) is 5.00 Å². The smallest absolute Gasteiger partial charge is 0.341 e. The Morgan fingerprint density at radius 3 is 2.51 bits per heavy atom. The number of thiophene rings is 1. The predicted octanol–water partition coefficient (Wildman–Crippen LogP) is 3.97. The Morgan fingerprint density at radius 1 is 1.17 bits per heavy atom. The Labute approximate surface area is 211 Å². The van der Waals surface area contributed by atoms with Gasteiger partial charge in [0.25, 0.3) is 5.91 Å². The molecule has 0 spiro atoms. The molecule has 0 radical (unpaired) electrons. The van der Waals surface area contributed by atoms with Gasteiger partial charge in [-0.2, -0.15) is 4.31 Å². The van der Waals surface area contributed by atoms with Crippen molar-refractivity contribution in [2.45, 2.75) is 57.5 Å². The van der Waals surface area contributed by atoms with Crippen LogP contribution in [0.25, 0.3) is 0 Å². The number of hydrogen-bond acceptors (Lipinski definition) is 7. The summed E-state index contributed by atoms with van der Waals surface area (Å²) in [7, 11) is -2.26. The fourth-order valence-corrected chi connectivity index (χ4v) is 7.59. The zero-order valence-electron chi connectivity index (χ0n) is 20.7. The summed E-state index contributed by atoms with van der Waals surface area (Å²) in [6, 6.07) is 6.37. The summed E-state index contributed by atoms with van der Waals surface area (Å²) in [5.41, 5.74) is 1.68.